The third-order valence-electron chi connectivity index (χ3n) is 6.21. The van der Waals surface area contributed by atoms with Crippen LogP contribution in [0.5, 0.6) is 0 Å². The minimum absolute atomic E-state index is 0.190. The highest BCUT2D eigenvalue weighted by atomic mass is 16.5. The number of esters is 2. The summed E-state index contributed by atoms with van der Waals surface area (Å²) >= 11 is 0. The van der Waals surface area contributed by atoms with Gasteiger partial charge in [0.15, 0.2) is 6.29 Å². The molecule has 1 saturated heterocycles. The molecule has 1 fully saturated rings. The van der Waals surface area contributed by atoms with E-state index in [2.05, 4.69) is 29.3 Å². The molecule has 7 heteroatoms. The standard InChI is InChI=1S/C13H17NO4.C13H16O2/c1-3-7-17-12(15)10-5-6-11(14-9-10)13(16)18-8-4-2;14-9-13-8-4-3-6-11(13)10-5-1-2-7-12(10)15-13/h5-6,9H,3-4,7-8H2,1-2H3;1-4,9-12H,5-8H2. The summed E-state index contributed by atoms with van der Waals surface area (Å²) in [4.78, 5) is 38.1. The number of nitrogens with zero attached hydrogens (tertiary/aromatic N) is 1. The number of hydrogen-bond donors (Lipinski definition) is 0. The number of ether oxygens (including phenoxy) is 3. The molecule has 0 N–H and O–H groups in total. The van der Waals surface area contributed by atoms with E-state index in [0.29, 0.717) is 30.6 Å². The molecule has 1 aliphatic heterocycles. The maximum atomic E-state index is 11.5. The molecule has 7 nitrogen and oxygen atoms in total. The van der Waals surface area contributed by atoms with Crippen molar-refractivity contribution in [3.05, 3.63) is 53.9 Å². The van der Waals surface area contributed by atoms with Crippen LogP contribution in [0.15, 0.2) is 42.6 Å². The number of rotatable bonds is 7. The van der Waals surface area contributed by atoms with Gasteiger partial charge in [0.25, 0.3) is 0 Å². The van der Waals surface area contributed by atoms with E-state index in [1.165, 1.54) is 18.3 Å². The lowest BCUT2D eigenvalue weighted by atomic mass is 9.71. The third-order valence-corrected chi connectivity index (χ3v) is 6.21. The monoisotopic (exact) mass is 455 g/mol. The summed E-state index contributed by atoms with van der Waals surface area (Å²) in [6.07, 6.45) is 16.7. The lowest BCUT2D eigenvalue weighted by Crippen LogP contribution is -2.39. The Morgan fingerprint density at radius 2 is 1.73 bits per heavy atom. The molecule has 2 heterocycles. The normalized spacial score (nSPS) is 26.9. The highest BCUT2D eigenvalue weighted by molar-refractivity contribution is 5.91. The number of hydrogen-bond acceptors (Lipinski definition) is 7. The fourth-order valence-corrected chi connectivity index (χ4v) is 4.53. The number of fused-ring (bicyclic) bond motifs is 3. The van der Waals surface area contributed by atoms with Crippen LogP contribution in [0.1, 0.15) is 73.2 Å². The van der Waals surface area contributed by atoms with Crippen LogP contribution >= 0.6 is 0 Å². The topological polar surface area (TPSA) is 91.8 Å². The first-order chi connectivity index (χ1) is 16.0. The summed E-state index contributed by atoms with van der Waals surface area (Å²) in [6, 6.07) is 2.97. The van der Waals surface area contributed by atoms with Gasteiger partial charge < -0.3 is 19.0 Å². The molecule has 178 valence electrons. The molecule has 0 bridgehead atoms. The van der Waals surface area contributed by atoms with Crippen LogP contribution in [0.4, 0.5) is 0 Å². The fraction of sp³-hybridized carbons (Fsp3) is 0.538. The zero-order chi connectivity index (χ0) is 23.7. The molecule has 0 amide bonds. The summed E-state index contributed by atoms with van der Waals surface area (Å²) in [7, 11) is 0. The Balaban J connectivity index is 0.000000188. The Morgan fingerprint density at radius 3 is 2.39 bits per heavy atom. The smallest absolute Gasteiger partial charge is 0.356 e. The molecule has 0 radical (unpaired) electrons. The van der Waals surface area contributed by atoms with Gasteiger partial charge in [-0.05, 0) is 50.2 Å². The number of aromatic nitrogens is 1. The number of aldehydes is 1. The average Bonchev–Trinajstić information content (AvgIpc) is 3.21. The molecule has 0 spiro atoms. The van der Waals surface area contributed by atoms with Crippen molar-refractivity contribution >= 4 is 18.2 Å². The predicted molar refractivity (Wildman–Crippen MR) is 123 cm³/mol. The van der Waals surface area contributed by atoms with Gasteiger partial charge in [0.1, 0.15) is 11.3 Å². The molecule has 0 saturated carbocycles. The highest BCUT2D eigenvalue weighted by Crippen LogP contribution is 2.49. The number of allylic oxidation sites excluding steroid dienone is 2. The van der Waals surface area contributed by atoms with Crippen molar-refractivity contribution in [2.24, 2.45) is 11.8 Å². The summed E-state index contributed by atoms with van der Waals surface area (Å²) in [6.45, 7) is 4.56. The Bertz CT molecular complexity index is 838. The maximum Gasteiger partial charge on any atom is 0.356 e. The van der Waals surface area contributed by atoms with E-state index >= 15 is 0 Å². The SMILES string of the molecule is CCCOC(=O)c1ccc(C(=O)OCCC)nc1.O=CC12CC=CCC1C1CC=CCC1O2. The fourth-order valence-electron chi connectivity index (χ4n) is 4.53. The molecule has 0 aromatic carbocycles. The molecule has 1 aromatic heterocycles. The van der Waals surface area contributed by atoms with Gasteiger partial charge in [0, 0.05) is 18.5 Å². The highest BCUT2D eigenvalue weighted by Gasteiger charge is 2.54. The lowest BCUT2D eigenvalue weighted by Gasteiger charge is -2.31. The summed E-state index contributed by atoms with van der Waals surface area (Å²) in [5.74, 6) is 0.0586. The average molecular weight is 456 g/mol. The largest absolute Gasteiger partial charge is 0.462 e. The lowest BCUT2D eigenvalue weighted by molar-refractivity contribution is -0.133. The molecule has 4 unspecified atom stereocenters. The van der Waals surface area contributed by atoms with Crippen LogP contribution in [-0.4, -0.2) is 48.1 Å². The van der Waals surface area contributed by atoms with Crippen molar-refractivity contribution in [1.29, 1.82) is 0 Å². The van der Waals surface area contributed by atoms with Crippen molar-refractivity contribution in [1.82, 2.24) is 4.98 Å². The molecule has 4 rings (SSSR count). The quantitative estimate of drug-likeness (QED) is 0.340. The van der Waals surface area contributed by atoms with Crippen molar-refractivity contribution in [2.45, 2.75) is 64.1 Å². The molecular weight excluding hydrogens is 422 g/mol. The maximum absolute atomic E-state index is 11.5. The van der Waals surface area contributed by atoms with E-state index in [4.69, 9.17) is 14.2 Å². The van der Waals surface area contributed by atoms with Crippen LogP contribution in [0.2, 0.25) is 0 Å². The Kier molecular flexibility index (Phi) is 8.95. The van der Waals surface area contributed by atoms with Gasteiger partial charge in [0.05, 0.1) is 24.9 Å². The van der Waals surface area contributed by atoms with E-state index in [-0.39, 0.29) is 11.8 Å². The van der Waals surface area contributed by atoms with Gasteiger partial charge in [-0.2, -0.15) is 0 Å². The van der Waals surface area contributed by atoms with Gasteiger partial charge in [-0.25, -0.2) is 14.6 Å². The Morgan fingerprint density at radius 1 is 1.03 bits per heavy atom. The third kappa shape index (κ3) is 5.96. The van der Waals surface area contributed by atoms with Crippen LogP contribution in [0.25, 0.3) is 0 Å². The number of carbonyl (C=O) groups excluding carboxylic acids is 3. The minimum Gasteiger partial charge on any atom is -0.462 e. The molecular formula is C26H33NO6. The minimum atomic E-state index is -0.490. The predicted octanol–water partition coefficient (Wildman–Crippen LogP) is 4.47. The molecule has 2 aliphatic carbocycles. The molecule has 1 aromatic rings. The van der Waals surface area contributed by atoms with Gasteiger partial charge in [-0.1, -0.05) is 38.2 Å². The van der Waals surface area contributed by atoms with Crippen molar-refractivity contribution in [3.8, 4) is 0 Å². The summed E-state index contributed by atoms with van der Waals surface area (Å²) in [5, 5.41) is 0. The van der Waals surface area contributed by atoms with E-state index in [1.54, 1.807) is 0 Å². The zero-order valence-electron chi connectivity index (χ0n) is 19.4. The molecule has 4 atom stereocenters. The first-order valence-corrected chi connectivity index (χ1v) is 11.8. The Labute approximate surface area is 195 Å². The van der Waals surface area contributed by atoms with Crippen LogP contribution in [0.3, 0.4) is 0 Å². The van der Waals surface area contributed by atoms with E-state index < -0.39 is 17.5 Å². The van der Waals surface area contributed by atoms with Crippen molar-refractivity contribution in [3.63, 3.8) is 0 Å². The van der Waals surface area contributed by atoms with Crippen LogP contribution in [0, 0.1) is 11.8 Å². The van der Waals surface area contributed by atoms with Crippen molar-refractivity contribution in [2.75, 3.05) is 13.2 Å². The van der Waals surface area contributed by atoms with E-state index in [9.17, 15) is 14.4 Å². The van der Waals surface area contributed by atoms with Crippen molar-refractivity contribution < 1.29 is 28.6 Å². The van der Waals surface area contributed by atoms with Crippen LogP contribution < -0.4 is 0 Å². The summed E-state index contributed by atoms with van der Waals surface area (Å²) < 4.78 is 15.9. The first-order valence-electron chi connectivity index (χ1n) is 11.8. The van der Waals surface area contributed by atoms with Gasteiger partial charge >= 0.3 is 11.9 Å². The zero-order valence-corrected chi connectivity index (χ0v) is 19.4. The van der Waals surface area contributed by atoms with Gasteiger partial charge in [0.2, 0.25) is 0 Å². The second kappa shape index (κ2) is 11.9. The molecule has 33 heavy (non-hydrogen) atoms. The Hall–Kier alpha value is -2.80. The van der Waals surface area contributed by atoms with Gasteiger partial charge in [-0.15, -0.1) is 0 Å². The van der Waals surface area contributed by atoms with Gasteiger partial charge in [-0.3, -0.25) is 0 Å². The van der Waals surface area contributed by atoms with E-state index in [0.717, 1.165) is 44.8 Å². The number of carbonyl (C=O) groups is 3. The number of pyridine rings is 1. The second-order valence-electron chi connectivity index (χ2n) is 8.56. The summed E-state index contributed by atoms with van der Waals surface area (Å²) in [5.41, 5.74) is 0.0295. The first kappa shape index (κ1) is 24.8. The molecule has 3 aliphatic rings. The van der Waals surface area contributed by atoms with Crippen LogP contribution in [-0.2, 0) is 19.0 Å². The van der Waals surface area contributed by atoms with E-state index in [1.807, 2.05) is 13.8 Å². The second-order valence-corrected chi connectivity index (χ2v) is 8.56.